The highest BCUT2D eigenvalue weighted by Crippen LogP contribution is 2.43. The standard InChI is InChI=1S/C51H33N5/c1-5-17-34(18-6-1)38-29-32-46(43(33-38)35-19-7-2-8-20-35)55-44-27-15-13-25-39(44)41-30-31-42-40-26-14-16-28-45(40)56(48(42)47(41)55)51-53-49(36-21-9-3-10-22-36)52-50(54-51)37-23-11-4-12-24-37/h1-33H/i2D,7D,8D,19D,20D. The third kappa shape index (κ3) is 5.13. The summed E-state index contributed by atoms with van der Waals surface area (Å²) in [5.41, 5.74) is 8.23. The summed E-state index contributed by atoms with van der Waals surface area (Å²) in [6, 6.07) is 54.6. The van der Waals surface area contributed by atoms with Crippen LogP contribution in [0.1, 0.15) is 6.85 Å². The van der Waals surface area contributed by atoms with Crippen molar-refractivity contribution in [1.82, 2.24) is 24.1 Å². The predicted molar refractivity (Wildman–Crippen MR) is 230 cm³/mol. The lowest BCUT2D eigenvalue weighted by Gasteiger charge is -2.17. The van der Waals surface area contributed by atoms with Gasteiger partial charge in [0.2, 0.25) is 5.95 Å². The highest BCUT2D eigenvalue weighted by molar-refractivity contribution is 6.24. The zero-order valence-corrected chi connectivity index (χ0v) is 29.9. The molecule has 11 aromatic rings. The molecule has 0 atom stereocenters. The minimum Gasteiger partial charge on any atom is -0.307 e. The minimum absolute atomic E-state index is 0.120. The van der Waals surface area contributed by atoms with Crippen molar-refractivity contribution in [1.29, 1.82) is 0 Å². The number of hydrogen-bond acceptors (Lipinski definition) is 3. The Morgan fingerprint density at radius 1 is 0.375 bits per heavy atom. The van der Waals surface area contributed by atoms with Crippen LogP contribution in [-0.2, 0) is 0 Å². The van der Waals surface area contributed by atoms with Gasteiger partial charge in [-0.3, -0.25) is 4.57 Å². The van der Waals surface area contributed by atoms with Crippen LogP contribution < -0.4 is 0 Å². The van der Waals surface area contributed by atoms with Crippen molar-refractivity contribution in [3.8, 4) is 56.7 Å². The Balaban J connectivity index is 1.31. The van der Waals surface area contributed by atoms with E-state index in [2.05, 4.69) is 45.5 Å². The Labute approximate surface area is 330 Å². The van der Waals surface area contributed by atoms with Gasteiger partial charge in [-0.25, -0.2) is 4.98 Å². The second-order valence-electron chi connectivity index (χ2n) is 13.7. The van der Waals surface area contributed by atoms with E-state index in [0.717, 1.165) is 65.9 Å². The van der Waals surface area contributed by atoms with Crippen LogP contribution in [0, 0.1) is 0 Å². The Bertz CT molecular complexity index is 3440. The second kappa shape index (κ2) is 13.0. The van der Waals surface area contributed by atoms with E-state index in [9.17, 15) is 2.74 Å². The highest BCUT2D eigenvalue weighted by atomic mass is 15.2. The lowest BCUT2D eigenvalue weighted by Crippen LogP contribution is -2.07. The molecule has 0 aliphatic carbocycles. The number of hydrogen-bond donors (Lipinski definition) is 0. The number of benzene rings is 8. The number of para-hydroxylation sites is 2. The van der Waals surface area contributed by atoms with Crippen molar-refractivity contribution < 1.29 is 6.85 Å². The van der Waals surface area contributed by atoms with Crippen LogP contribution >= 0.6 is 0 Å². The lowest BCUT2D eigenvalue weighted by molar-refractivity contribution is 0.953. The van der Waals surface area contributed by atoms with Gasteiger partial charge >= 0.3 is 0 Å². The van der Waals surface area contributed by atoms with E-state index in [1.807, 2.05) is 133 Å². The molecule has 8 aromatic carbocycles. The molecule has 5 heteroatoms. The summed E-state index contributed by atoms with van der Waals surface area (Å²) in [4.78, 5) is 15.4. The fourth-order valence-electron chi connectivity index (χ4n) is 7.98. The first kappa shape index (κ1) is 27.0. The molecule has 0 bridgehead atoms. The zero-order valence-electron chi connectivity index (χ0n) is 34.9. The molecule has 0 N–H and O–H groups in total. The summed E-state index contributed by atoms with van der Waals surface area (Å²) in [6.45, 7) is 0. The minimum atomic E-state index is -0.440. The number of rotatable bonds is 6. The maximum absolute atomic E-state index is 9.22. The predicted octanol–water partition coefficient (Wildman–Crippen LogP) is 12.7. The van der Waals surface area contributed by atoms with E-state index >= 15 is 0 Å². The van der Waals surface area contributed by atoms with Gasteiger partial charge in [-0.05, 0) is 41.0 Å². The average molecular weight is 721 g/mol. The van der Waals surface area contributed by atoms with Crippen LogP contribution in [0.3, 0.4) is 0 Å². The van der Waals surface area contributed by atoms with Crippen molar-refractivity contribution in [2.75, 3.05) is 0 Å². The van der Waals surface area contributed by atoms with E-state index in [1.54, 1.807) is 0 Å². The first-order valence-corrected chi connectivity index (χ1v) is 18.5. The van der Waals surface area contributed by atoms with Gasteiger partial charge in [0.25, 0.3) is 0 Å². The molecule has 3 heterocycles. The molecular weight excluding hydrogens is 683 g/mol. The first-order chi connectivity index (χ1) is 29.9. The van der Waals surface area contributed by atoms with Crippen LogP contribution in [0.5, 0.6) is 0 Å². The summed E-state index contributed by atoms with van der Waals surface area (Å²) < 4.78 is 48.6. The molecule has 0 fully saturated rings. The molecule has 0 spiro atoms. The Morgan fingerprint density at radius 2 is 0.875 bits per heavy atom. The maximum Gasteiger partial charge on any atom is 0.238 e. The molecule has 5 nitrogen and oxygen atoms in total. The SMILES string of the molecule is [2H]c1c([2H])c([2H])c(-c2cc(-c3ccccc3)ccc2-n2c3ccccc3c3ccc4c5ccccc5n(-c5nc(-c6ccccc6)nc(-c6ccccc6)n5)c4c32)c([2H])c1[2H]. The molecule has 3 aromatic heterocycles. The number of fused-ring (bicyclic) bond motifs is 7. The fraction of sp³-hybridized carbons (Fsp3) is 0. The van der Waals surface area contributed by atoms with E-state index in [-0.39, 0.29) is 17.6 Å². The van der Waals surface area contributed by atoms with Crippen LogP contribution in [-0.4, -0.2) is 24.1 Å². The molecule has 0 unspecified atom stereocenters. The normalized spacial score (nSPS) is 12.8. The average Bonchev–Trinajstić information content (AvgIpc) is 3.84. The van der Waals surface area contributed by atoms with E-state index in [4.69, 9.17) is 19.1 Å². The molecule has 11 rings (SSSR count). The monoisotopic (exact) mass is 720 g/mol. The van der Waals surface area contributed by atoms with Crippen LogP contribution in [0.25, 0.3) is 100 Å². The topological polar surface area (TPSA) is 48.5 Å². The van der Waals surface area contributed by atoms with Crippen LogP contribution in [0.4, 0.5) is 0 Å². The van der Waals surface area contributed by atoms with Gasteiger partial charge in [0.1, 0.15) is 0 Å². The Kier molecular flexibility index (Phi) is 6.29. The molecule has 0 aliphatic rings. The summed E-state index contributed by atoms with van der Waals surface area (Å²) in [7, 11) is 0. The summed E-state index contributed by atoms with van der Waals surface area (Å²) >= 11 is 0. The highest BCUT2D eigenvalue weighted by Gasteiger charge is 2.24. The molecule has 262 valence electrons. The van der Waals surface area contributed by atoms with Gasteiger partial charge in [0, 0.05) is 38.2 Å². The Hall–Kier alpha value is -7.63. The van der Waals surface area contributed by atoms with Gasteiger partial charge in [-0.1, -0.05) is 176 Å². The fourth-order valence-corrected chi connectivity index (χ4v) is 7.98. The molecule has 0 saturated carbocycles. The summed E-state index contributed by atoms with van der Waals surface area (Å²) in [5, 5.41) is 3.93. The Morgan fingerprint density at radius 3 is 1.46 bits per heavy atom. The zero-order chi connectivity index (χ0) is 41.4. The van der Waals surface area contributed by atoms with Crippen molar-refractivity contribution in [3.05, 3.63) is 200 Å². The molecular formula is C51H33N5. The summed E-state index contributed by atoms with van der Waals surface area (Å²) in [5.74, 6) is 1.50. The quantitative estimate of drug-likeness (QED) is 0.172. The third-order valence-corrected chi connectivity index (χ3v) is 10.5. The number of aromatic nitrogens is 5. The molecule has 0 aliphatic heterocycles. The molecule has 0 radical (unpaired) electrons. The van der Waals surface area contributed by atoms with E-state index in [1.165, 1.54) is 0 Å². The van der Waals surface area contributed by atoms with Gasteiger partial charge in [-0.2, -0.15) is 9.97 Å². The lowest BCUT2D eigenvalue weighted by atomic mass is 9.97. The third-order valence-electron chi connectivity index (χ3n) is 10.5. The first-order valence-electron chi connectivity index (χ1n) is 21.0. The van der Waals surface area contributed by atoms with Gasteiger partial charge in [0.05, 0.1) is 34.6 Å². The smallest absolute Gasteiger partial charge is 0.238 e. The summed E-state index contributed by atoms with van der Waals surface area (Å²) in [6.07, 6.45) is 0. The van der Waals surface area contributed by atoms with Gasteiger partial charge in [0.15, 0.2) is 11.6 Å². The van der Waals surface area contributed by atoms with E-state index < -0.39 is 18.1 Å². The second-order valence-corrected chi connectivity index (χ2v) is 13.7. The van der Waals surface area contributed by atoms with E-state index in [0.29, 0.717) is 28.8 Å². The largest absolute Gasteiger partial charge is 0.307 e. The molecule has 0 amide bonds. The van der Waals surface area contributed by atoms with Crippen molar-refractivity contribution in [2.24, 2.45) is 0 Å². The van der Waals surface area contributed by atoms with Crippen molar-refractivity contribution in [3.63, 3.8) is 0 Å². The molecule has 56 heavy (non-hydrogen) atoms. The maximum atomic E-state index is 9.22. The molecule has 0 saturated heterocycles. The van der Waals surface area contributed by atoms with Crippen molar-refractivity contribution in [2.45, 2.75) is 0 Å². The van der Waals surface area contributed by atoms with Crippen LogP contribution in [0.15, 0.2) is 200 Å². The van der Waals surface area contributed by atoms with Gasteiger partial charge < -0.3 is 4.57 Å². The van der Waals surface area contributed by atoms with Crippen LogP contribution in [0.2, 0.25) is 0 Å². The van der Waals surface area contributed by atoms with Gasteiger partial charge in [-0.15, -0.1) is 0 Å². The van der Waals surface area contributed by atoms with Crippen molar-refractivity contribution >= 4 is 43.6 Å². The number of nitrogens with zero attached hydrogens (tertiary/aromatic N) is 5.